The van der Waals surface area contributed by atoms with Crippen LogP contribution >= 0.6 is 0 Å². The molecular weight excluding hydrogens is 336 g/mol. The Bertz CT molecular complexity index is 862. The number of hydrogen-bond donors (Lipinski definition) is 2. The number of sulfonamides is 1. The van der Waals surface area contributed by atoms with E-state index in [2.05, 4.69) is 9.71 Å². The summed E-state index contributed by atoms with van der Waals surface area (Å²) in [6.07, 6.45) is 1.28. The first-order chi connectivity index (χ1) is 11.3. The minimum absolute atomic E-state index is 0.0311. The van der Waals surface area contributed by atoms with Crippen molar-refractivity contribution in [2.45, 2.75) is 11.8 Å². The zero-order chi connectivity index (χ0) is 17.7. The van der Waals surface area contributed by atoms with Crippen molar-refractivity contribution in [1.82, 2.24) is 4.98 Å². The van der Waals surface area contributed by atoms with E-state index in [0.717, 1.165) is 0 Å². The molecule has 2 rings (SSSR count). The van der Waals surface area contributed by atoms with E-state index in [4.69, 9.17) is 9.84 Å². The zero-order valence-corrected chi connectivity index (χ0v) is 13.4. The smallest absolute Gasteiger partial charge is 0.338 e. The van der Waals surface area contributed by atoms with Crippen molar-refractivity contribution in [2.24, 2.45) is 0 Å². The summed E-state index contributed by atoms with van der Waals surface area (Å²) in [6.45, 7) is 1.85. The van der Waals surface area contributed by atoms with Crippen LogP contribution in [0.5, 0.6) is 0 Å². The van der Waals surface area contributed by atoms with Gasteiger partial charge in [-0.15, -0.1) is 0 Å². The summed E-state index contributed by atoms with van der Waals surface area (Å²) in [4.78, 5) is 26.2. The van der Waals surface area contributed by atoms with Gasteiger partial charge in [0, 0.05) is 6.20 Å². The summed E-state index contributed by atoms with van der Waals surface area (Å²) in [6, 6.07) is 7.35. The normalized spacial score (nSPS) is 10.9. The predicted molar refractivity (Wildman–Crippen MR) is 84.4 cm³/mol. The molecule has 0 bridgehead atoms. The van der Waals surface area contributed by atoms with Crippen LogP contribution in [-0.4, -0.2) is 37.1 Å². The highest BCUT2D eigenvalue weighted by Crippen LogP contribution is 2.16. The third-order valence-corrected chi connectivity index (χ3v) is 4.29. The van der Waals surface area contributed by atoms with E-state index in [1.54, 1.807) is 6.92 Å². The molecule has 0 spiro atoms. The molecule has 0 amide bonds. The molecule has 0 aliphatic rings. The number of aromatic nitrogens is 1. The number of anilines is 1. The maximum Gasteiger partial charge on any atom is 0.338 e. The number of carbonyl (C=O) groups excluding carboxylic acids is 1. The van der Waals surface area contributed by atoms with Crippen molar-refractivity contribution < 1.29 is 27.9 Å². The lowest BCUT2D eigenvalue weighted by Gasteiger charge is -2.08. The highest BCUT2D eigenvalue weighted by atomic mass is 32.2. The van der Waals surface area contributed by atoms with E-state index >= 15 is 0 Å². The Hall–Kier alpha value is -2.94. The van der Waals surface area contributed by atoms with Gasteiger partial charge in [0.05, 0.1) is 22.6 Å². The summed E-state index contributed by atoms with van der Waals surface area (Å²) in [5.74, 6) is -1.80. The molecule has 0 saturated heterocycles. The van der Waals surface area contributed by atoms with E-state index in [-0.39, 0.29) is 28.4 Å². The number of ether oxygens (including phenoxy) is 1. The molecule has 0 radical (unpaired) electrons. The van der Waals surface area contributed by atoms with Crippen molar-refractivity contribution in [3.8, 4) is 0 Å². The second kappa shape index (κ2) is 7.09. The Kier molecular flexibility index (Phi) is 5.14. The number of esters is 1. The van der Waals surface area contributed by atoms with Crippen LogP contribution in [0.3, 0.4) is 0 Å². The summed E-state index contributed by atoms with van der Waals surface area (Å²) >= 11 is 0. The van der Waals surface area contributed by atoms with Gasteiger partial charge in [0.25, 0.3) is 10.0 Å². The Morgan fingerprint density at radius 1 is 1.17 bits per heavy atom. The SMILES string of the molecule is CCOC(=O)c1ccnc(NS(=O)(=O)c2ccc(C(=O)O)cc2)c1. The first kappa shape index (κ1) is 17.4. The number of benzene rings is 1. The minimum atomic E-state index is -3.97. The summed E-state index contributed by atoms with van der Waals surface area (Å²) < 4.78 is 31.6. The molecule has 24 heavy (non-hydrogen) atoms. The fourth-order valence-corrected chi connectivity index (χ4v) is 2.80. The van der Waals surface area contributed by atoms with E-state index in [1.807, 2.05) is 0 Å². The maximum absolute atomic E-state index is 12.3. The molecule has 1 aromatic heterocycles. The molecule has 2 N–H and O–H groups in total. The third kappa shape index (κ3) is 4.07. The van der Waals surface area contributed by atoms with Crippen LogP contribution in [0.25, 0.3) is 0 Å². The van der Waals surface area contributed by atoms with Crippen LogP contribution < -0.4 is 4.72 Å². The lowest BCUT2D eigenvalue weighted by Crippen LogP contribution is -2.15. The average Bonchev–Trinajstić information content (AvgIpc) is 2.55. The second-order valence-corrected chi connectivity index (χ2v) is 6.27. The molecule has 0 aliphatic carbocycles. The first-order valence-corrected chi connectivity index (χ1v) is 8.31. The van der Waals surface area contributed by atoms with E-state index in [9.17, 15) is 18.0 Å². The predicted octanol–water partition coefficient (Wildman–Crippen LogP) is 1.76. The Balaban J connectivity index is 2.24. The fraction of sp³-hybridized carbons (Fsp3) is 0.133. The number of aromatic carboxylic acids is 1. The second-order valence-electron chi connectivity index (χ2n) is 4.59. The number of carboxylic acid groups (broad SMARTS) is 1. The monoisotopic (exact) mass is 350 g/mol. The van der Waals surface area contributed by atoms with Gasteiger partial charge in [0.1, 0.15) is 5.82 Å². The van der Waals surface area contributed by atoms with Crippen molar-refractivity contribution in [2.75, 3.05) is 11.3 Å². The van der Waals surface area contributed by atoms with E-state index in [1.165, 1.54) is 42.6 Å². The molecule has 0 fully saturated rings. The Labute approximate surface area is 138 Å². The largest absolute Gasteiger partial charge is 0.478 e. The molecule has 0 aliphatic heterocycles. The van der Waals surface area contributed by atoms with Crippen LogP contribution in [0, 0.1) is 0 Å². The van der Waals surface area contributed by atoms with E-state index in [0.29, 0.717) is 0 Å². The number of nitrogens with zero attached hydrogens (tertiary/aromatic N) is 1. The van der Waals surface area contributed by atoms with Crippen molar-refractivity contribution >= 4 is 27.8 Å². The summed E-state index contributed by atoms with van der Waals surface area (Å²) in [5.41, 5.74) is 0.127. The molecule has 0 atom stereocenters. The maximum atomic E-state index is 12.3. The lowest BCUT2D eigenvalue weighted by molar-refractivity contribution is 0.0525. The van der Waals surface area contributed by atoms with Gasteiger partial charge in [0.15, 0.2) is 0 Å². The number of nitrogens with one attached hydrogen (secondary N) is 1. The van der Waals surface area contributed by atoms with Gasteiger partial charge in [-0.3, -0.25) is 4.72 Å². The quantitative estimate of drug-likeness (QED) is 0.761. The molecule has 9 heteroatoms. The fourth-order valence-electron chi connectivity index (χ4n) is 1.80. The van der Waals surface area contributed by atoms with Crippen LogP contribution in [0.15, 0.2) is 47.5 Å². The van der Waals surface area contributed by atoms with Gasteiger partial charge < -0.3 is 9.84 Å². The van der Waals surface area contributed by atoms with Gasteiger partial charge in [-0.25, -0.2) is 23.0 Å². The number of rotatable bonds is 6. The van der Waals surface area contributed by atoms with Crippen LogP contribution in [0.2, 0.25) is 0 Å². The molecule has 1 aromatic carbocycles. The lowest BCUT2D eigenvalue weighted by atomic mass is 10.2. The Morgan fingerprint density at radius 3 is 2.42 bits per heavy atom. The third-order valence-electron chi connectivity index (χ3n) is 2.92. The van der Waals surface area contributed by atoms with Crippen molar-refractivity contribution in [3.05, 3.63) is 53.7 Å². The summed E-state index contributed by atoms with van der Waals surface area (Å²) in [5, 5.41) is 8.82. The van der Waals surface area contributed by atoms with Crippen molar-refractivity contribution in [3.63, 3.8) is 0 Å². The van der Waals surface area contributed by atoms with Gasteiger partial charge in [-0.1, -0.05) is 0 Å². The number of carboxylic acids is 1. The molecule has 0 unspecified atom stereocenters. The summed E-state index contributed by atoms with van der Waals surface area (Å²) in [7, 11) is -3.97. The number of carbonyl (C=O) groups is 2. The Morgan fingerprint density at radius 2 is 1.83 bits per heavy atom. The van der Waals surface area contributed by atoms with Gasteiger partial charge >= 0.3 is 11.9 Å². The molecule has 0 saturated carbocycles. The van der Waals surface area contributed by atoms with Crippen LogP contribution in [0.1, 0.15) is 27.6 Å². The topological polar surface area (TPSA) is 123 Å². The van der Waals surface area contributed by atoms with Crippen LogP contribution in [0.4, 0.5) is 5.82 Å². The highest BCUT2D eigenvalue weighted by molar-refractivity contribution is 7.92. The molecular formula is C15H14N2O6S. The highest BCUT2D eigenvalue weighted by Gasteiger charge is 2.17. The molecule has 126 valence electrons. The molecule has 1 heterocycles. The van der Waals surface area contributed by atoms with Crippen molar-refractivity contribution in [1.29, 1.82) is 0 Å². The standard InChI is InChI=1S/C15H14N2O6S/c1-2-23-15(20)11-7-8-16-13(9-11)17-24(21,22)12-5-3-10(4-6-12)14(18)19/h3-9H,2H2,1H3,(H,16,17)(H,18,19). The number of pyridine rings is 1. The average molecular weight is 350 g/mol. The molecule has 8 nitrogen and oxygen atoms in total. The van der Waals surface area contributed by atoms with Gasteiger partial charge in [0.2, 0.25) is 0 Å². The first-order valence-electron chi connectivity index (χ1n) is 6.83. The number of hydrogen-bond acceptors (Lipinski definition) is 6. The molecule has 2 aromatic rings. The van der Waals surface area contributed by atoms with Gasteiger partial charge in [-0.2, -0.15) is 0 Å². The van der Waals surface area contributed by atoms with E-state index < -0.39 is 22.0 Å². The van der Waals surface area contributed by atoms with Gasteiger partial charge in [-0.05, 0) is 43.3 Å². The van der Waals surface area contributed by atoms with Crippen LogP contribution in [-0.2, 0) is 14.8 Å². The minimum Gasteiger partial charge on any atom is -0.478 e. The zero-order valence-electron chi connectivity index (χ0n) is 12.6.